The molecule has 0 aromatic rings. The van der Waals surface area contributed by atoms with Gasteiger partial charge in [-0.05, 0) is 32.9 Å². The number of carbonyl (C=O) groups excluding carboxylic acids is 1. The Morgan fingerprint density at radius 2 is 2.21 bits per heavy atom. The molecule has 1 amide bonds. The molecule has 1 aliphatic rings. The van der Waals surface area contributed by atoms with E-state index < -0.39 is 5.60 Å². The number of carbonyl (C=O) groups is 1. The summed E-state index contributed by atoms with van der Waals surface area (Å²) >= 11 is 3.34. The standard InChI is InChI=1S/C10H14BrNO2/c1-10(2,3)14-9(13)12-6-4-5-8(11)7-12/h4-6H,7H2,1-3H3. The molecule has 78 valence electrons. The van der Waals surface area contributed by atoms with Crippen molar-refractivity contribution in [3.8, 4) is 0 Å². The van der Waals surface area contributed by atoms with Crippen molar-refractivity contribution in [2.75, 3.05) is 6.54 Å². The molecular formula is C10H14BrNO2. The molecule has 0 aliphatic carbocycles. The van der Waals surface area contributed by atoms with Crippen LogP contribution in [0.4, 0.5) is 4.79 Å². The van der Waals surface area contributed by atoms with Crippen molar-refractivity contribution in [2.24, 2.45) is 0 Å². The highest BCUT2D eigenvalue weighted by atomic mass is 79.9. The van der Waals surface area contributed by atoms with Crippen LogP contribution in [0.5, 0.6) is 0 Å². The van der Waals surface area contributed by atoms with Gasteiger partial charge in [0.25, 0.3) is 0 Å². The third kappa shape index (κ3) is 3.54. The van der Waals surface area contributed by atoms with E-state index in [2.05, 4.69) is 15.9 Å². The minimum Gasteiger partial charge on any atom is -0.443 e. The van der Waals surface area contributed by atoms with Gasteiger partial charge in [-0.1, -0.05) is 15.9 Å². The van der Waals surface area contributed by atoms with Gasteiger partial charge in [-0.2, -0.15) is 0 Å². The van der Waals surface area contributed by atoms with Crippen molar-refractivity contribution in [1.29, 1.82) is 0 Å². The molecule has 0 atom stereocenters. The van der Waals surface area contributed by atoms with E-state index in [1.807, 2.05) is 26.8 Å². The summed E-state index contributed by atoms with van der Waals surface area (Å²) in [5.41, 5.74) is -0.446. The summed E-state index contributed by atoms with van der Waals surface area (Å²) in [6, 6.07) is 0. The monoisotopic (exact) mass is 259 g/mol. The predicted octanol–water partition coefficient (Wildman–Crippen LogP) is 3.03. The summed E-state index contributed by atoms with van der Waals surface area (Å²) in [7, 11) is 0. The molecule has 0 unspecified atom stereocenters. The Labute approximate surface area is 92.5 Å². The molecule has 1 aliphatic heterocycles. The van der Waals surface area contributed by atoms with Gasteiger partial charge in [0.2, 0.25) is 0 Å². The lowest BCUT2D eigenvalue weighted by Crippen LogP contribution is -2.34. The molecule has 1 heterocycles. The molecule has 0 spiro atoms. The number of ether oxygens (including phenoxy) is 1. The summed E-state index contributed by atoms with van der Waals surface area (Å²) < 4.78 is 6.18. The van der Waals surface area contributed by atoms with Gasteiger partial charge in [-0.25, -0.2) is 4.79 Å². The lowest BCUT2D eigenvalue weighted by molar-refractivity contribution is 0.0349. The smallest absolute Gasteiger partial charge is 0.414 e. The van der Waals surface area contributed by atoms with Crippen LogP contribution in [-0.2, 0) is 4.74 Å². The van der Waals surface area contributed by atoms with Crippen molar-refractivity contribution >= 4 is 22.0 Å². The van der Waals surface area contributed by atoms with Gasteiger partial charge in [0.15, 0.2) is 0 Å². The molecule has 0 radical (unpaired) electrons. The predicted molar refractivity (Wildman–Crippen MR) is 59.1 cm³/mol. The van der Waals surface area contributed by atoms with E-state index in [0.717, 1.165) is 4.48 Å². The number of nitrogens with zero attached hydrogens (tertiary/aromatic N) is 1. The second kappa shape index (κ2) is 4.17. The van der Waals surface area contributed by atoms with Gasteiger partial charge in [-0.15, -0.1) is 0 Å². The van der Waals surface area contributed by atoms with Crippen molar-refractivity contribution in [2.45, 2.75) is 26.4 Å². The van der Waals surface area contributed by atoms with Crippen LogP contribution in [-0.4, -0.2) is 23.1 Å². The van der Waals surface area contributed by atoms with Crippen LogP contribution in [0.25, 0.3) is 0 Å². The topological polar surface area (TPSA) is 29.5 Å². The third-order valence-electron chi connectivity index (χ3n) is 1.49. The Morgan fingerprint density at radius 1 is 1.57 bits per heavy atom. The number of amides is 1. The molecule has 0 fully saturated rings. The number of allylic oxidation sites excluding steroid dienone is 2. The van der Waals surface area contributed by atoms with Crippen LogP contribution in [0.2, 0.25) is 0 Å². The number of halogens is 1. The SMILES string of the molecule is CC(C)(C)OC(=O)N1C=CC=C(Br)C1. The Kier molecular flexibility index (Phi) is 3.37. The van der Waals surface area contributed by atoms with Crippen LogP contribution in [0, 0.1) is 0 Å². The van der Waals surface area contributed by atoms with E-state index in [4.69, 9.17) is 4.74 Å². The van der Waals surface area contributed by atoms with Crippen molar-refractivity contribution in [3.05, 3.63) is 22.8 Å². The molecule has 4 heteroatoms. The Hall–Kier alpha value is -0.770. The number of hydrogen-bond acceptors (Lipinski definition) is 2. The van der Waals surface area contributed by atoms with E-state index in [0.29, 0.717) is 6.54 Å². The average molecular weight is 260 g/mol. The zero-order valence-electron chi connectivity index (χ0n) is 8.58. The first-order valence-corrected chi connectivity index (χ1v) is 5.20. The van der Waals surface area contributed by atoms with Crippen LogP contribution >= 0.6 is 15.9 Å². The molecule has 1 rings (SSSR count). The highest BCUT2D eigenvalue weighted by molar-refractivity contribution is 9.11. The summed E-state index contributed by atoms with van der Waals surface area (Å²) in [6.45, 7) is 6.09. The van der Waals surface area contributed by atoms with Gasteiger partial charge < -0.3 is 4.74 Å². The second-order valence-corrected chi connectivity index (χ2v) is 5.08. The van der Waals surface area contributed by atoms with Gasteiger partial charge >= 0.3 is 6.09 Å². The highest BCUT2D eigenvalue weighted by Gasteiger charge is 2.21. The maximum atomic E-state index is 11.6. The average Bonchev–Trinajstić information content (AvgIpc) is 2.01. The van der Waals surface area contributed by atoms with E-state index in [1.165, 1.54) is 4.90 Å². The van der Waals surface area contributed by atoms with Crippen molar-refractivity contribution in [1.82, 2.24) is 4.90 Å². The fourth-order valence-corrected chi connectivity index (χ4v) is 1.39. The summed E-state index contributed by atoms with van der Waals surface area (Å²) in [5.74, 6) is 0. The van der Waals surface area contributed by atoms with Crippen molar-refractivity contribution < 1.29 is 9.53 Å². The lowest BCUT2D eigenvalue weighted by atomic mass is 10.2. The van der Waals surface area contributed by atoms with Gasteiger partial charge in [0.05, 0.1) is 6.54 Å². The Morgan fingerprint density at radius 3 is 2.71 bits per heavy atom. The zero-order valence-corrected chi connectivity index (χ0v) is 10.2. The minimum absolute atomic E-state index is 0.321. The van der Waals surface area contributed by atoms with E-state index in [-0.39, 0.29) is 6.09 Å². The molecule has 0 aromatic heterocycles. The summed E-state index contributed by atoms with van der Waals surface area (Å²) in [5, 5.41) is 0. The third-order valence-corrected chi connectivity index (χ3v) is 2.01. The molecule has 0 N–H and O–H groups in total. The van der Waals surface area contributed by atoms with E-state index >= 15 is 0 Å². The van der Waals surface area contributed by atoms with Gasteiger partial charge in [0.1, 0.15) is 5.60 Å². The van der Waals surface area contributed by atoms with Crippen LogP contribution < -0.4 is 0 Å². The number of rotatable bonds is 0. The first-order valence-electron chi connectivity index (χ1n) is 4.41. The Bertz CT molecular complexity index is 289. The first-order chi connectivity index (χ1) is 6.38. The molecule has 0 saturated carbocycles. The Balaban J connectivity index is 2.56. The molecule has 0 saturated heterocycles. The van der Waals surface area contributed by atoms with E-state index in [1.54, 1.807) is 12.3 Å². The minimum atomic E-state index is -0.446. The second-order valence-electron chi connectivity index (χ2n) is 4.06. The van der Waals surface area contributed by atoms with Gasteiger partial charge in [0, 0.05) is 10.7 Å². The van der Waals surface area contributed by atoms with Crippen LogP contribution in [0.1, 0.15) is 20.8 Å². The highest BCUT2D eigenvalue weighted by Crippen LogP contribution is 2.16. The number of hydrogen-bond donors (Lipinski definition) is 0. The molecule has 0 aromatic carbocycles. The maximum absolute atomic E-state index is 11.6. The first kappa shape index (κ1) is 11.3. The van der Waals surface area contributed by atoms with Gasteiger partial charge in [-0.3, -0.25) is 4.90 Å². The molecule has 14 heavy (non-hydrogen) atoms. The van der Waals surface area contributed by atoms with Crippen LogP contribution in [0.15, 0.2) is 22.8 Å². The fraction of sp³-hybridized carbons (Fsp3) is 0.500. The molecule has 3 nitrogen and oxygen atoms in total. The quantitative estimate of drug-likeness (QED) is 0.670. The van der Waals surface area contributed by atoms with Crippen molar-refractivity contribution in [3.63, 3.8) is 0 Å². The summed E-state index contributed by atoms with van der Waals surface area (Å²) in [6.07, 6.45) is 5.09. The fourth-order valence-electron chi connectivity index (χ4n) is 0.965. The van der Waals surface area contributed by atoms with E-state index in [9.17, 15) is 4.79 Å². The largest absolute Gasteiger partial charge is 0.443 e. The van der Waals surface area contributed by atoms with Crippen LogP contribution in [0.3, 0.4) is 0 Å². The normalized spacial score (nSPS) is 16.6. The lowest BCUT2D eigenvalue weighted by Gasteiger charge is -2.26. The zero-order chi connectivity index (χ0) is 10.8. The maximum Gasteiger partial charge on any atom is 0.414 e. The molecular weight excluding hydrogens is 246 g/mol. The molecule has 0 bridgehead atoms. The summed E-state index contributed by atoms with van der Waals surface area (Å²) in [4.78, 5) is 13.1.